The minimum absolute atomic E-state index is 0.136. The molecule has 0 aromatic heterocycles. The molecule has 0 aromatic rings. The number of ether oxygens (including phenoxy) is 1. The molecule has 0 saturated heterocycles. The predicted molar refractivity (Wildman–Crippen MR) is 88.2 cm³/mol. The van der Waals surface area contributed by atoms with Crippen LogP contribution in [0.5, 0.6) is 0 Å². The van der Waals surface area contributed by atoms with Gasteiger partial charge < -0.3 is 15.4 Å². The van der Waals surface area contributed by atoms with Gasteiger partial charge in [0.1, 0.15) is 6.61 Å². The quantitative estimate of drug-likeness (QED) is 0.287. The molecule has 19 heavy (non-hydrogen) atoms. The Morgan fingerprint density at radius 1 is 1.42 bits per heavy atom. The lowest BCUT2D eigenvalue weighted by atomic mass is 10.1. The Labute approximate surface area is 133 Å². The molecule has 0 amide bonds. The number of hydrogen-bond acceptors (Lipinski definition) is 6. The van der Waals surface area contributed by atoms with Crippen molar-refractivity contribution in [3.8, 4) is 0 Å². The van der Waals surface area contributed by atoms with Crippen LogP contribution >= 0.6 is 34.4 Å². The fourth-order valence-corrected chi connectivity index (χ4v) is 2.17. The van der Waals surface area contributed by atoms with Crippen molar-refractivity contribution >= 4 is 46.1 Å². The van der Waals surface area contributed by atoms with Crippen molar-refractivity contribution in [1.29, 1.82) is 0 Å². The molecule has 0 radical (unpaired) electrons. The number of likely N-dealkylation sites (N-methyl/N-ethyl adjacent to an activating group) is 1. The first-order chi connectivity index (χ1) is 9.15. The summed E-state index contributed by atoms with van der Waals surface area (Å²) in [5.41, 5.74) is 0. The molecule has 1 atom stereocenters. The number of alkyl halides is 1. The molecule has 0 rings (SSSR count). The summed E-state index contributed by atoms with van der Waals surface area (Å²) in [4.78, 5) is 23.2. The number of nitrogens with one attached hydrogen (secondary N) is 2. The van der Waals surface area contributed by atoms with E-state index in [1.165, 1.54) is 0 Å². The first kappa shape index (κ1) is 19.1. The van der Waals surface area contributed by atoms with Crippen LogP contribution in [0.15, 0.2) is 0 Å². The van der Waals surface area contributed by atoms with E-state index in [-0.39, 0.29) is 17.8 Å². The highest BCUT2D eigenvalue weighted by Crippen LogP contribution is 2.02. The Hall–Kier alpha value is 0.140. The van der Waals surface area contributed by atoms with E-state index in [9.17, 15) is 9.59 Å². The van der Waals surface area contributed by atoms with E-state index in [1.54, 1.807) is 18.8 Å². The van der Waals surface area contributed by atoms with Crippen molar-refractivity contribution in [2.24, 2.45) is 0 Å². The molecule has 0 aromatic carbocycles. The van der Waals surface area contributed by atoms with Crippen LogP contribution in [0, 0.1) is 0 Å². The third-order valence-corrected chi connectivity index (χ3v) is 3.49. The van der Waals surface area contributed by atoms with E-state index in [4.69, 9.17) is 4.74 Å². The first-order valence-electron chi connectivity index (χ1n) is 6.27. The van der Waals surface area contributed by atoms with Gasteiger partial charge in [-0.15, -0.1) is 0 Å². The molecule has 0 aliphatic rings. The molecule has 0 aliphatic carbocycles. The van der Waals surface area contributed by atoms with Crippen molar-refractivity contribution in [3.63, 3.8) is 0 Å². The highest BCUT2D eigenvalue weighted by atomic mass is 127. The maximum absolute atomic E-state index is 11.8. The molecule has 0 fully saturated rings. The zero-order valence-corrected chi connectivity index (χ0v) is 14.5. The standard InChI is InChI=1S/C12H23IN2O3S/c1-14-9-11(16)10(4-8-19-2)15-6-3-12(17)18-7-5-13/h10,14-15H,3-9H2,1-2H3. The predicted octanol–water partition coefficient (Wildman–Crippen LogP) is 0.854. The van der Waals surface area contributed by atoms with Gasteiger partial charge in [0.2, 0.25) is 0 Å². The van der Waals surface area contributed by atoms with Crippen LogP contribution in [0.25, 0.3) is 0 Å². The van der Waals surface area contributed by atoms with Crippen LogP contribution in [-0.2, 0) is 14.3 Å². The maximum Gasteiger partial charge on any atom is 0.307 e. The van der Waals surface area contributed by atoms with Gasteiger partial charge in [-0.2, -0.15) is 11.8 Å². The molecule has 5 nitrogen and oxygen atoms in total. The summed E-state index contributed by atoms with van der Waals surface area (Å²) in [6, 6.07) is -0.183. The molecule has 2 N–H and O–H groups in total. The normalized spacial score (nSPS) is 12.2. The van der Waals surface area contributed by atoms with Gasteiger partial charge in [0, 0.05) is 11.0 Å². The minimum Gasteiger partial charge on any atom is -0.465 e. The van der Waals surface area contributed by atoms with Gasteiger partial charge in [-0.1, -0.05) is 22.6 Å². The van der Waals surface area contributed by atoms with Crippen molar-refractivity contribution in [1.82, 2.24) is 10.6 Å². The Balaban J connectivity index is 3.97. The zero-order valence-electron chi connectivity index (χ0n) is 11.5. The number of esters is 1. The Morgan fingerprint density at radius 2 is 2.16 bits per heavy atom. The average Bonchev–Trinajstić information content (AvgIpc) is 2.40. The summed E-state index contributed by atoms with van der Waals surface area (Å²) in [5, 5.41) is 6.00. The molecule has 1 unspecified atom stereocenters. The van der Waals surface area contributed by atoms with Crippen LogP contribution in [0.3, 0.4) is 0 Å². The van der Waals surface area contributed by atoms with Gasteiger partial charge >= 0.3 is 5.97 Å². The SMILES string of the molecule is CNCC(=O)C(CCSC)NCCC(=O)OCCI. The number of hydrogen-bond donors (Lipinski definition) is 2. The van der Waals surface area contributed by atoms with E-state index >= 15 is 0 Å². The number of Topliss-reactive ketones (excluding diaryl/α,β-unsaturated/α-hetero) is 1. The lowest BCUT2D eigenvalue weighted by Gasteiger charge is -2.16. The van der Waals surface area contributed by atoms with Gasteiger partial charge in [0.15, 0.2) is 5.78 Å². The summed E-state index contributed by atoms with van der Waals surface area (Å²) in [7, 11) is 1.75. The van der Waals surface area contributed by atoms with E-state index in [2.05, 4.69) is 33.2 Å². The third kappa shape index (κ3) is 10.6. The summed E-state index contributed by atoms with van der Waals surface area (Å²) in [5.74, 6) is 0.845. The average molecular weight is 402 g/mol. The summed E-state index contributed by atoms with van der Waals surface area (Å²) < 4.78 is 5.77. The lowest BCUT2D eigenvalue weighted by molar-refractivity contribution is -0.143. The van der Waals surface area contributed by atoms with Crippen molar-refractivity contribution in [2.45, 2.75) is 18.9 Å². The zero-order chi connectivity index (χ0) is 14.5. The second-order valence-corrected chi connectivity index (χ2v) is 6.01. The number of halogens is 1. The molecule has 0 heterocycles. The highest BCUT2D eigenvalue weighted by molar-refractivity contribution is 14.1. The smallest absolute Gasteiger partial charge is 0.307 e. The van der Waals surface area contributed by atoms with Crippen LogP contribution in [0.4, 0.5) is 0 Å². The molecule has 112 valence electrons. The lowest BCUT2D eigenvalue weighted by Crippen LogP contribution is -2.42. The van der Waals surface area contributed by atoms with Crippen molar-refractivity contribution < 1.29 is 14.3 Å². The molecule has 0 bridgehead atoms. The largest absolute Gasteiger partial charge is 0.465 e. The Kier molecular flexibility index (Phi) is 13.2. The summed E-state index contributed by atoms with van der Waals surface area (Å²) in [6.07, 6.45) is 3.10. The van der Waals surface area contributed by atoms with E-state index in [0.29, 0.717) is 26.1 Å². The summed E-state index contributed by atoms with van der Waals surface area (Å²) >= 11 is 3.87. The second-order valence-electron chi connectivity index (χ2n) is 3.94. The van der Waals surface area contributed by atoms with Gasteiger partial charge in [-0.05, 0) is 25.5 Å². The minimum atomic E-state index is -0.214. The third-order valence-electron chi connectivity index (χ3n) is 2.41. The van der Waals surface area contributed by atoms with E-state index in [0.717, 1.165) is 16.6 Å². The van der Waals surface area contributed by atoms with Gasteiger partial charge in [0.25, 0.3) is 0 Å². The molecule has 0 spiro atoms. The van der Waals surface area contributed by atoms with Crippen LogP contribution in [0.1, 0.15) is 12.8 Å². The number of rotatable bonds is 12. The Morgan fingerprint density at radius 3 is 2.74 bits per heavy atom. The van der Waals surface area contributed by atoms with Crippen molar-refractivity contribution in [3.05, 3.63) is 0 Å². The number of carbonyl (C=O) groups is 2. The summed E-state index contributed by atoms with van der Waals surface area (Å²) in [6.45, 7) is 1.29. The maximum atomic E-state index is 11.8. The van der Waals surface area contributed by atoms with E-state index in [1.807, 2.05) is 6.26 Å². The number of ketones is 1. The molecular formula is C12H23IN2O3S. The van der Waals surface area contributed by atoms with Gasteiger partial charge in [-0.25, -0.2) is 0 Å². The van der Waals surface area contributed by atoms with Crippen LogP contribution in [-0.4, -0.2) is 61.0 Å². The molecular weight excluding hydrogens is 379 g/mol. The Bertz CT molecular complexity index is 267. The van der Waals surface area contributed by atoms with Gasteiger partial charge in [-0.3, -0.25) is 9.59 Å². The van der Waals surface area contributed by atoms with Crippen molar-refractivity contribution in [2.75, 3.05) is 43.2 Å². The number of carbonyl (C=O) groups excluding carboxylic acids is 2. The molecule has 7 heteroatoms. The number of thioether (sulfide) groups is 1. The monoisotopic (exact) mass is 402 g/mol. The second kappa shape index (κ2) is 13.1. The molecule has 0 saturated carbocycles. The van der Waals surface area contributed by atoms with Crippen LogP contribution < -0.4 is 10.6 Å². The fourth-order valence-electron chi connectivity index (χ4n) is 1.48. The van der Waals surface area contributed by atoms with Gasteiger partial charge in [0.05, 0.1) is 19.0 Å². The van der Waals surface area contributed by atoms with Crippen LogP contribution in [0.2, 0.25) is 0 Å². The molecule has 0 aliphatic heterocycles. The topological polar surface area (TPSA) is 67.4 Å². The van der Waals surface area contributed by atoms with E-state index < -0.39 is 0 Å². The fraction of sp³-hybridized carbons (Fsp3) is 0.833. The highest BCUT2D eigenvalue weighted by Gasteiger charge is 2.16. The first-order valence-corrected chi connectivity index (χ1v) is 9.18.